The van der Waals surface area contributed by atoms with Crippen molar-refractivity contribution < 1.29 is 4.74 Å². The first-order valence-electron chi connectivity index (χ1n) is 6.64. The van der Waals surface area contributed by atoms with Gasteiger partial charge in [0.1, 0.15) is 5.75 Å². The maximum atomic E-state index is 6.21. The van der Waals surface area contributed by atoms with Crippen LogP contribution in [0, 0.1) is 0 Å². The first-order chi connectivity index (χ1) is 9.60. The molecular weight excluding hydrogens is 252 g/mol. The van der Waals surface area contributed by atoms with Crippen LogP contribution in [0.5, 0.6) is 5.75 Å². The van der Waals surface area contributed by atoms with Crippen LogP contribution >= 0.6 is 0 Å². The third kappa shape index (κ3) is 3.59. The van der Waals surface area contributed by atoms with Gasteiger partial charge in [-0.2, -0.15) is 5.10 Å². The Morgan fingerprint density at radius 2 is 2.15 bits per heavy atom. The van der Waals surface area contributed by atoms with Gasteiger partial charge >= 0.3 is 0 Å². The molecule has 20 heavy (non-hydrogen) atoms. The number of nitrogens with two attached hydrogens (primary N) is 1. The number of ether oxygens (including phenoxy) is 1. The lowest BCUT2D eigenvalue weighted by Crippen LogP contribution is -2.28. The molecule has 0 spiro atoms. The maximum absolute atomic E-state index is 6.21. The number of aromatic nitrogens is 2. The second-order valence-electron chi connectivity index (χ2n) is 5.06. The van der Waals surface area contributed by atoms with Crippen LogP contribution in [0.1, 0.15) is 17.2 Å². The highest BCUT2D eigenvalue weighted by atomic mass is 16.5. The zero-order valence-electron chi connectivity index (χ0n) is 12.3. The highest BCUT2D eigenvalue weighted by Gasteiger charge is 2.12. The molecule has 5 nitrogen and oxygen atoms in total. The summed E-state index contributed by atoms with van der Waals surface area (Å²) in [6.07, 6.45) is 3.78. The Labute approximate surface area is 119 Å². The lowest BCUT2D eigenvalue weighted by Gasteiger charge is -2.21. The van der Waals surface area contributed by atoms with Crippen molar-refractivity contribution in [1.29, 1.82) is 0 Å². The molecule has 0 radical (unpaired) electrons. The summed E-state index contributed by atoms with van der Waals surface area (Å²) in [5.41, 5.74) is 8.43. The minimum atomic E-state index is -0.0385. The minimum absolute atomic E-state index is 0.0385. The molecule has 0 aliphatic heterocycles. The number of hydrogen-bond acceptors (Lipinski definition) is 4. The normalized spacial score (nSPS) is 12.7. The van der Waals surface area contributed by atoms with Gasteiger partial charge in [0.05, 0.1) is 13.3 Å². The molecule has 0 saturated carbocycles. The summed E-state index contributed by atoms with van der Waals surface area (Å²) in [5.74, 6) is 0.911. The van der Waals surface area contributed by atoms with E-state index in [1.807, 2.05) is 37.6 Å². The number of rotatable bonds is 6. The smallest absolute Gasteiger partial charge is 0.123 e. The summed E-state index contributed by atoms with van der Waals surface area (Å²) in [6.45, 7) is 1.57. The van der Waals surface area contributed by atoms with Crippen molar-refractivity contribution in [1.82, 2.24) is 14.7 Å². The number of likely N-dealkylation sites (N-methyl/N-ethyl adjacent to an activating group) is 1. The molecule has 0 fully saturated rings. The van der Waals surface area contributed by atoms with Gasteiger partial charge in [0.25, 0.3) is 0 Å². The lowest BCUT2D eigenvalue weighted by molar-refractivity contribution is 0.298. The number of para-hydroxylation sites is 1. The van der Waals surface area contributed by atoms with E-state index in [1.165, 1.54) is 0 Å². The largest absolute Gasteiger partial charge is 0.496 e. The average molecular weight is 274 g/mol. The molecule has 0 amide bonds. The van der Waals surface area contributed by atoms with Gasteiger partial charge in [-0.05, 0) is 13.1 Å². The van der Waals surface area contributed by atoms with E-state index in [4.69, 9.17) is 10.5 Å². The Kier molecular flexibility index (Phi) is 4.76. The van der Waals surface area contributed by atoms with Crippen LogP contribution in [0.25, 0.3) is 0 Å². The van der Waals surface area contributed by atoms with Crippen LogP contribution in [0.4, 0.5) is 0 Å². The van der Waals surface area contributed by atoms with Crippen LogP contribution in [-0.2, 0) is 13.6 Å². The second kappa shape index (κ2) is 6.54. The Hall–Kier alpha value is -1.85. The summed E-state index contributed by atoms with van der Waals surface area (Å²) in [7, 11) is 5.65. The van der Waals surface area contributed by atoms with Crippen molar-refractivity contribution in [3.8, 4) is 5.75 Å². The Balaban J connectivity index is 1.96. The van der Waals surface area contributed by atoms with E-state index in [1.54, 1.807) is 11.8 Å². The molecule has 0 aliphatic carbocycles. The molecule has 1 aromatic carbocycles. The third-order valence-electron chi connectivity index (χ3n) is 3.29. The van der Waals surface area contributed by atoms with Crippen molar-refractivity contribution in [2.45, 2.75) is 12.6 Å². The molecule has 1 aromatic heterocycles. The fourth-order valence-electron chi connectivity index (χ4n) is 2.26. The molecular formula is C15H22N4O. The summed E-state index contributed by atoms with van der Waals surface area (Å²) in [5, 5.41) is 4.15. The SMILES string of the molecule is COc1ccccc1CN(C)CC(N)c1cnn(C)c1. The van der Waals surface area contributed by atoms with Crippen LogP contribution in [0.15, 0.2) is 36.7 Å². The van der Waals surface area contributed by atoms with Gasteiger partial charge < -0.3 is 15.4 Å². The topological polar surface area (TPSA) is 56.3 Å². The Bertz CT molecular complexity index is 552. The van der Waals surface area contributed by atoms with E-state index in [0.29, 0.717) is 0 Å². The molecule has 2 N–H and O–H groups in total. The number of nitrogens with zero attached hydrogens (tertiary/aromatic N) is 3. The van der Waals surface area contributed by atoms with Crippen molar-refractivity contribution in [2.24, 2.45) is 12.8 Å². The summed E-state index contributed by atoms with van der Waals surface area (Å²) in [6, 6.07) is 8.01. The standard InChI is InChI=1S/C15H22N4O/c1-18(9-12-6-4-5-7-15(12)20-3)11-14(16)13-8-17-19(2)10-13/h4-8,10,14H,9,11,16H2,1-3H3. The van der Waals surface area contributed by atoms with E-state index in [9.17, 15) is 0 Å². The monoisotopic (exact) mass is 274 g/mol. The highest BCUT2D eigenvalue weighted by molar-refractivity contribution is 5.33. The quantitative estimate of drug-likeness (QED) is 0.868. The van der Waals surface area contributed by atoms with E-state index >= 15 is 0 Å². The van der Waals surface area contributed by atoms with E-state index < -0.39 is 0 Å². The number of hydrogen-bond donors (Lipinski definition) is 1. The fourth-order valence-corrected chi connectivity index (χ4v) is 2.26. The molecule has 0 aliphatic rings. The molecule has 1 atom stereocenters. The molecule has 0 saturated heterocycles. The van der Waals surface area contributed by atoms with Gasteiger partial charge in [-0.15, -0.1) is 0 Å². The molecule has 0 bridgehead atoms. The Morgan fingerprint density at radius 3 is 2.80 bits per heavy atom. The third-order valence-corrected chi connectivity index (χ3v) is 3.29. The first kappa shape index (κ1) is 14.6. The van der Waals surface area contributed by atoms with Crippen LogP contribution in [-0.4, -0.2) is 35.4 Å². The van der Waals surface area contributed by atoms with E-state index in [-0.39, 0.29) is 6.04 Å². The van der Waals surface area contributed by atoms with Gasteiger partial charge in [-0.1, -0.05) is 18.2 Å². The molecule has 108 valence electrons. The molecule has 1 heterocycles. The number of benzene rings is 1. The van der Waals surface area contributed by atoms with Gasteiger partial charge in [0.2, 0.25) is 0 Å². The van der Waals surface area contributed by atoms with Gasteiger partial charge in [-0.25, -0.2) is 0 Å². The summed E-state index contributed by atoms with van der Waals surface area (Å²) < 4.78 is 7.14. The summed E-state index contributed by atoms with van der Waals surface area (Å²) >= 11 is 0. The predicted octanol–water partition coefficient (Wildman–Crippen LogP) is 1.56. The zero-order valence-corrected chi connectivity index (χ0v) is 12.3. The minimum Gasteiger partial charge on any atom is -0.496 e. The molecule has 2 aromatic rings. The zero-order chi connectivity index (χ0) is 14.5. The predicted molar refractivity (Wildman–Crippen MR) is 79.5 cm³/mol. The highest BCUT2D eigenvalue weighted by Crippen LogP contribution is 2.19. The molecule has 5 heteroatoms. The van der Waals surface area contributed by atoms with Crippen molar-refractivity contribution in [3.05, 3.63) is 47.8 Å². The fraction of sp³-hybridized carbons (Fsp3) is 0.400. The number of methoxy groups -OCH3 is 1. The lowest BCUT2D eigenvalue weighted by atomic mass is 10.1. The van der Waals surface area contributed by atoms with Crippen LogP contribution in [0.2, 0.25) is 0 Å². The maximum Gasteiger partial charge on any atom is 0.123 e. The first-order valence-corrected chi connectivity index (χ1v) is 6.64. The second-order valence-corrected chi connectivity index (χ2v) is 5.06. The van der Waals surface area contributed by atoms with Crippen LogP contribution in [0.3, 0.4) is 0 Å². The van der Waals surface area contributed by atoms with E-state index in [2.05, 4.69) is 23.1 Å². The van der Waals surface area contributed by atoms with Crippen molar-refractivity contribution in [3.63, 3.8) is 0 Å². The number of aryl methyl sites for hydroxylation is 1. The molecule has 2 rings (SSSR count). The van der Waals surface area contributed by atoms with Gasteiger partial charge in [0, 0.05) is 43.5 Å². The van der Waals surface area contributed by atoms with Crippen molar-refractivity contribution >= 4 is 0 Å². The molecule has 1 unspecified atom stereocenters. The summed E-state index contributed by atoms with van der Waals surface area (Å²) in [4.78, 5) is 2.19. The van der Waals surface area contributed by atoms with Gasteiger partial charge in [0.15, 0.2) is 0 Å². The van der Waals surface area contributed by atoms with Crippen molar-refractivity contribution in [2.75, 3.05) is 20.7 Å². The van der Waals surface area contributed by atoms with Gasteiger partial charge in [-0.3, -0.25) is 4.68 Å². The van der Waals surface area contributed by atoms with Crippen LogP contribution < -0.4 is 10.5 Å². The Morgan fingerprint density at radius 1 is 1.40 bits per heavy atom. The average Bonchev–Trinajstić information content (AvgIpc) is 2.86. The van der Waals surface area contributed by atoms with E-state index in [0.717, 1.165) is 30.0 Å².